The van der Waals surface area contributed by atoms with Gasteiger partial charge in [0.1, 0.15) is 0 Å². The Balaban J connectivity index is 1.88. The van der Waals surface area contributed by atoms with Crippen molar-refractivity contribution in [3.05, 3.63) is 42.5 Å². The lowest BCUT2D eigenvalue weighted by Gasteiger charge is -2.03. The van der Waals surface area contributed by atoms with Crippen molar-refractivity contribution in [2.75, 3.05) is 0 Å². The normalized spacial score (nSPS) is 20.1. The van der Waals surface area contributed by atoms with Gasteiger partial charge < -0.3 is 0 Å². The van der Waals surface area contributed by atoms with Gasteiger partial charge in [-0.05, 0) is 30.4 Å². The van der Waals surface area contributed by atoms with E-state index in [0.717, 1.165) is 0 Å². The highest BCUT2D eigenvalue weighted by Crippen LogP contribution is 2.37. The van der Waals surface area contributed by atoms with E-state index in [1.807, 2.05) is 23.1 Å². The summed E-state index contributed by atoms with van der Waals surface area (Å²) in [7, 11) is 0. The van der Waals surface area contributed by atoms with E-state index in [0.29, 0.717) is 5.25 Å². The molecule has 76 valence electrons. The fourth-order valence-electron chi connectivity index (χ4n) is 1.87. The smallest absolute Gasteiger partial charge is 0.0616 e. The van der Waals surface area contributed by atoms with Crippen molar-refractivity contribution in [3.8, 4) is 0 Å². The molecule has 1 aromatic carbocycles. The molecular weight excluding hydrogens is 220 g/mol. The quantitative estimate of drug-likeness (QED) is 0.676. The van der Waals surface area contributed by atoms with Crippen LogP contribution in [0.3, 0.4) is 0 Å². The number of thioether (sulfide) groups is 1. The average Bonchev–Trinajstić information content (AvgIpc) is 2.86. The molecule has 1 aliphatic carbocycles. The highest BCUT2D eigenvalue weighted by Gasteiger charge is 2.12. The fourth-order valence-corrected chi connectivity index (χ4v) is 4.43. The van der Waals surface area contributed by atoms with Crippen LogP contribution in [0.1, 0.15) is 12.8 Å². The first-order valence-electron chi connectivity index (χ1n) is 5.24. The van der Waals surface area contributed by atoms with Crippen LogP contribution in [0.4, 0.5) is 0 Å². The number of benzene rings is 1. The third-order valence-electron chi connectivity index (χ3n) is 2.64. The summed E-state index contributed by atoms with van der Waals surface area (Å²) in [6.07, 6.45) is 7.20. The van der Waals surface area contributed by atoms with Crippen molar-refractivity contribution in [1.29, 1.82) is 0 Å². The van der Waals surface area contributed by atoms with Gasteiger partial charge in [-0.15, -0.1) is 23.1 Å². The lowest BCUT2D eigenvalue weighted by Crippen LogP contribution is -1.89. The maximum absolute atomic E-state index is 2.34. The molecular formula is C13H12S2. The van der Waals surface area contributed by atoms with E-state index in [9.17, 15) is 0 Å². The summed E-state index contributed by atoms with van der Waals surface area (Å²) < 4.78 is 2.86. The topological polar surface area (TPSA) is 0 Å². The van der Waals surface area contributed by atoms with Crippen molar-refractivity contribution in [2.45, 2.75) is 22.3 Å². The molecule has 1 aromatic heterocycles. The largest absolute Gasteiger partial charge is 0.129 e. The minimum atomic E-state index is 0.707. The summed E-state index contributed by atoms with van der Waals surface area (Å²) in [6.45, 7) is 0. The second-order valence-electron chi connectivity index (χ2n) is 3.77. The zero-order valence-corrected chi connectivity index (χ0v) is 9.98. The molecule has 0 aliphatic heterocycles. The van der Waals surface area contributed by atoms with Gasteiger partial charge in [-0.2, -0.15) is 0 Å². The van der Waals surface area contributed by atoms with Crippen LogP contribution in [0.25, 0.3) is 10.1 Å². The Bertz CT molecular complexity index is 463. The SMILES string of the molecule is C1=CC(Sc2cc3ccccc3s2)CC1. The average molecular weight is 232 g/mol. The van der Waals surface area contributed by atoms with Crippen molar-refractivity contribution in [1.82, 2.24) is 0 Å². The number of thiophene rings is 1. The van der Waals surface area contributed by atoms with Crippen LogP contribution in [0, 0.1) is 0 Å². The molecule has 0 bridgehead atoms. The highest BCUT2D eigenvalue weighted by atomic mass is 32.2. The van der Waals surface area contributed by atoms with Gasteiger partial charge in [0, 0.05) is 9.95 Å². The Morgan fingerprint density at radius 2 is 2.20 bits per heavy atom. The Kier molecular flexibility index (Phi) is 2.55. The van der Waals surface area contributed by atoms with Gasteiger partial charge in [0.15, 0.2) is 0 Å². The van der Waals surface area contributed by atoms with Crippen LogP contribution >= 0.6 is 23.1 Å². The fraction of sp³-hybridized carbons (Fsp3) is 0.231. The van der Waals surface area contributed by atoms with E-state index in [2.05, 4.69) is 42.5 Å². The van der Waals surface area contributed by atoms with Gasteiger partial charge in [-0.1, -0.05) is 30.4 Å². The standard InChI is InChI=1S/C13H12S2/c1-4-8-12-10(5-1)9-13(15-12)14-11-6-2-3-7-11/h1-2,4-6,8-9,11H,3,7H2. The Morgan fingerprint density at radius 3 is 3.00 bits per heavy atom. The Labute approximate surface area is 98.0 Å². The molecule has 0 saturated carbocycles. The molecule has 1 unspecified atom stereocenters. The lowest BCUT2D eigenvalue weighted by atomic mass is 10.3. The number of hydrogen-bond donors (Lipinski definition) is 0. The lowest BCUT2D eigenvalue weighted by molar-refractivity contribution is 0.944. The minimum Gasteiger partial charge on any atom is -0.129 e. The summed E-state index contributed by atoms with van der Waals surface area (Å²) in [4.78, 5) is 0. The van der Waals surface area contributed by atoms with Crippen LogP contribution in [0.5, 0.6) is 0 Å². The molecule has 0 nitrogen and oxygen atoms in total. The molecule has 15 heavy (non-hydrogen) atoms. The maximum Gasteiger partial charge on any atom is 0.0616 e. The van der Waals surface area contributed by atoms with E-state index in [-0.39, 0.29) is 0 Å². The second-order valence-corrected chi connectivity index (χ2v) is 6.39. The molecule has 3 rings (SSSR count). The van der Waals surface area contributed by atoms with Gasteiger partial charge >= 0.3 is 0 Å². The van der Waals surface area contributed by atoms with Crippen molar-refractivity contribution >= 4 is 33.2 Å². The predicted octanol–water partition coefficient (Wildman–Crippen LogP) is 4.71. The number of fused-ring (bicyclic) bond motifs is 1. The van der Waals surface area contributed by atoms with E-state index in [4.69, 9.17) is 0 Å². The van der Waals surface area contributed by atoms with E-state index >= 15 is 0 Å². The molecule has 1 heterocycles. The summed E-state index contributed by atoms with van der Waals surface area (Å²) >= 11 is 3.92. The summed E-state index contributed by atoms with van der Waals surface area (Å²) in [5, 5.41) is 2.09. The highest BCUT2D eigenvalue weighted by molar-refractivity contribution is 8.02. The third kappa shape index (κ3) is 1.97. The zero-order chi connectivity index (χ0) is 10.1. The molecule has 0 radical (unpaired) electrons. The van der Waals surface area contributed by atoms with Crippen molar-refractivity contribution in [2.24, 2.45) is 0 Å². The molecule has 2 heteroatoms. The Hall–Kier alpha value is -0.730. The van der Waals surface area contributed by atoms with Crippen LogP contribution in [0.2, 0.25) is 0 Å². The van der Waals surface area contributed by atoms with Crippen molar-refractivity contribution in [3.63, 3.8) is 0 Å². The molecule has 2 aromatic rings. The first-order valence-corrected chi connectivity index (χ1v) is 6.93. The molecule has 0 spiro atoms. The first kappa shape index (κ1) is 9.49. The first-order chi connectivity index (χ1) is 7.42. The summed E-state index contributed by atoms with van der Waals surface area (Å²) in [6, 6.07) is 10.9. The van der Waals surface area contributed by atoms with Crippen LogP contribution < -0.4 is 0 Å². The molecule has 0 amide bonds. The van der Waals surface area contributed by atoms with Crippen LogP contribution in [0.15, 0.2) is 46.7 Å². The van der Waals surface area contributed by atoms with E-state index in [1.165, 1.54) is 27.1 Å². The van der Waals surface area contributed by atoms with Gasteiger partial charge in [-0.3, -0.25) is 0 Å². The van der Waals surface area contributed by atoms with Crippen LogP contribution in [-0.2, 0) is 0 Å². The molecule has 0 fully saturated rings. The predicted molar refractivity (Wildman–Crippen MR) is 69.8 cm³/mol. The molecule has 1 aliphatic rings. The third-order valence-corrected chi connectivity index (χ3v) is 5.13. The molecule has 0 saturated heterocycles. The number of allylic oxidation sites excluding steroid dienone is 1. The van der Waals surface area contributed by atoms with Crippen molar-refractivity contribution < 1.29 is 0 Å². The molecule has 0 N–H and O–H groups in total. The number of rotatable bonds is 2. The van der Waals surface area contributed by atoms with Gasteiger partial charge in [0.2, 0.25) is 0 Å². The summed E-state index contributed by atoms with van der Waals surface area (Å²) in [5.41, 5.74) is 0. The van der Waals surface area contributed by atoms with Crippen LogP contribution in [-0.4, -0.2) is 5.25 Å². The van der Waals surface area contributed by atoms with Gasteiger partial charge in [0.25, 0.3) is 0 Å². The molecule has 1 atom stereocenters. The van der Waals surface area contributed by atoms with Gasteiger partial charge in [0.05, 0.1) is 4.21 Å². The minimum absolute atomic E-state index is 0.707. The van der Waals surface area contributed by atoms with E-state index < -0.39 is 0 Å². The van der Waals surface area contributed by atoms with E-state index in [1.54, 1.807) is 0 Å². The monoisotopic (exact) mass is 232 g/mol. The summed E-state index contributed by atoms with van der Waals surface area (Å²) in [5.74, 6) is 0. The number of hydrogen-bond acceptors (Lipinski definition) is 2. The van der Waals surface area contributed by atoms with Gasteiger partial charge in [-0.25, -0.2) is 0 Å². The zero-order valence-electron chi connectivity index (χ0n) is 8.35. The second kappa shape index (κ2) is 4.03. The maximum atomic E-state index is 2.34. The Morgan fingerprint density at radius 1 is 1.27 bits per heavy atom.